The molecule has 1 aliphatic carbocycles. The van der Waals surface area contributed by atoms with Crippen molar-refractivity contribution in [3.8, 4) is 22.3 Å². The lowest BCUT2D eigenvalue weighted by atomic mass is 10.1. The van der Waals surface area contributed by atoms with Crippen LogP contribution in [0.4, 0.5) is 4.39 Å². The third-order valence-electron chi connectivity index (χ3n) is 3.35. The Morgan fingerprint density at radius 1 is 0.889 bits per heavy atom. The van der Waals surface area contributed by atoms with Crippen molar-refractivity contribution in [1.29, 1.82) is 0 Å². The van der Waals surface area contributed by atoms with Gasteiger partial charge in [0.2, 0.25) is 0 Å². The second-order valence-electron chi connectivity index (χ2n) is 4.32. The zero-order chi connectivity index (χ0) is 12.3. The van der Waals surface area contributed by atoms with Crippen molar-refractivity contribution in [2.75, 3.05) is 0 Å². The Morgan fingerprint density at radius 2 is 1.61 bits per heavy atom. The highest BCUT2D eigenvalue weighted by molar-refractivity contribution is 6.13. The summed E-state index contributed by atoms with van der Waals surface area (Å²) >= 11 is 0. The van der Waals surface area contributed by atoms with Crippen LogP contribution in [0.5, 0.6) is 0 Å². The maximum Gasteiger partial charge on any atom is 0.336 e. The predicted octanol–water partition coefficient (Wildman–Crippen LogP) is 3.58. The summed E-state index contributed by atoms with van der Waals surface area (Å²) in [7, 11) is 0. The number of hydrogen-bond acceptors (Lipinski definition) is 2. The lowest BCUT2D eigenvalue weighted by molar-refractivity contribution is 0.525. The van der Waals surface area contributed by atoms with E-state index in [4.69, 9.17) is 4.42 Å². The molecule has 0 bridgehead atoms. The molecule has 0 saturated carbocycles. The van der Waals surface area contributed by atoms with Crippen LogP contribution in [0.1, 0.15) is 0 Å². The zero-order valence-corrected chi connectivity index (χ0v) is 9.24. The van der Waals surface area contributed by atoms with Crippen molar-refractivity contribution < 1.29 is 8.81 Å². The lowest BCUT2D eigenvalue weighted by Gasteiger charge is -2.00. The summed E-state index contributed by atoms with van der Waals surface area (Å²) in [5, 5.41) is 0.691. The molecule has 1 aliphatic rings. The Kier molecular flexibility index (Phi) is 1.64. The molecule has 3 aromatic rings. The molecular formula is C15H7FO2. The van der Waals surface area contributed by atoms with Crippen molar-refractivity contribution in [1.82, 2.24) is 0 Å². The fraction of sp³-hybridized carbons (Fsp3) is 0. The average molecular weight is 238 g/mol. The molecule has 18 heavy (non-hydrogen) atoms. The van der Waals surface area contributed by atoms with E-state index in [9.17, 15) is 9.18 Å². The molecule has 4 rings (SSSR count). The summed E-state index contributed by atoms with van der Waals surface area (Å²) in [5.41, 5.74) is 3.16. The lowest BCUT2D eigenvalue weighted by Crippen LogP contribution is -1.97. The molecule has 0 unspecified atom stereocenters. The van der Waals surface area contributed by atoms with Gasteiger partial charge in [-0.3, -0.25) is 0 Å². The van der Waals surface area contributed by atoms with Crippen LogP contribution in [0.3, 0.4) is 0 Å². The van der Waals surface area contributed by atoms with Crippen molar-refractivity contribution in [3.63, 3.8) is 0 Å². The van der Waals surface area contributed by atoms with Gasteiger partial charge in [-0.05, 0) is 22.8 Å². The number of fused-ring (bicyclic) bond motifs is 3. The van der Waals surface area contributed by atoms with Gasteiger partial charge in [0.15, 0.2) is 11.4 Å². The number of halogens is 1. The Hall–Kier alpha value is -2.42. The second kappa shape index (κ2) is 3.07. The van der Waals surface area contributed by atoms with Crippen LogP contribution < -0.4 is 5.63 Å². The molecule has 0 atom stereocenters. The summed E-state index contributed by atoms with van der Waals surface area (Å²) in [6.45, 7) is 0. The van der Waals surface area contributed by atoms with Crippen molar-refractivity contribution in [2.45, 2.75) is 0 Å². The molecule has 0 N–H and O–H groups in total. The van der Waals surface area contributed by atoms with Crippen LogP contribution in [-0.4, -0.2) is 0 Å². The van der Waals surface area contributed by atoms with Crippen molar-refractivity contribution in [2.24, 2.45) is 0 Å². The molecule has 0 aliphatic heterocycles. The van der Waals surface area contributed by atoms with Gasteiger partial charge in [0.1, 0.15) is 0 Å². The Morgan fingerprint density at radius 3 is 2.39 bits per heavy atom. The van der Waals surface area contributed by atoms with Gasteiger partial charge in [-0.25, -0.2) is 9.18 Å². The summed E-state index contributed by atoms with van der Waals surface area (Å²) in [6, 6.07) is 12.2. The van der Waals surface area contributed by atoms with Crippen molar-refractivity contribution >= 4 is 11.0 Å². The number of benzene rings is 2. The van der Waals surface area contributed by atoms with E-state index in [1.165, 1.54) is 12.1 Å². The predicted molar refractivity (Wildman–Crippen MR) is 66.9 cm³/mol. The smallest absolute Gasteiger partial charge is 0.336 e. The molecule has 86 valence electrons. The fourth-order valence-electron chi connectivity index (χ4n) is 2.63. The van der Waals surface area contributed by atoms with Crippen LogP contribution in [-0.2, 0) is 0 Å². The van der Waals surface area contributed by atoms with Crippen LogP contribution in [0.2, 0.25) is 0 Å². The van der Waals surface area contributed by atoms with Gasteiger partial charge < -0.3 is 4.42 Å². The summed E-state index contributed by atoms with van der Waals surface area (Å²) in [5.74, 6) is -0.500. The van der Waals surface area contributed by atoms with Crippen molar-refractivity contribution in [3.05, 3.63) is 58.7 Å². The van der Waals surface area contributed by atoms with E-state index in [-0.39, 0.29) is 5.58 Å². The molecule has 2 nitrogen and oxygen atoms in total. The van der Waals surface area contributed by atoms with E-state index in [1.807, 2.05) is 24.3 Å². The van der Waals surface area contributed by atoms with E-state index >= 15 is 0 Å². The molecule has 1 heterocycles. The summed E-state index contributed by atoms with van der Waals surface area (Å²) < 4.78 is 18.7. The minimum atomic E-state index is -0.523. The fourth-order valence-corrected chi connectivity index (χ4v) is 2.63. The second-order valence-corrected chi connectivity index (χ2v) is 4.32. The highest BCUT2D eigenvalue weighted by atomic mass is 19.1. The van der Waals surface area contributed by atoms with Gasteiger partial charge in [0.25, 0.3) is 0 Å². The Balaban J connectivity index is 2.34. The maximum atomic E-state index is 13.7. The molecule has 0 amide bonds. The quantitative estimate of drug-likeness (QED) is 0.438. The summed E-state index contributed by atoms with van der Waals surface area (Å²) in [6.07, 6.45) is 0. The maximum absolute atomic E-state index is 13.7. The van der Waals surface area contributed by atoms with E-state index < -0.39 is 11.4 Å². The zero-order valence-electron chi connectivity index (χ0n) is 9.24. The molecule has 0 saturated heterocycles. The minimum Gasteiger partial charge on any atom is -0.420 e. The van der Waals surface area contributed by atoms with Gasteiger partial charge in [-0.15, -0.1) is 0 Å². The molecule has 2 aromatic carbocycles. The van der Waals surface area contributed by atoms with Crippen LogP contribution in [0, 0.1) is 5.82 Å². The third kappa shape index (κ3) is 1.03. The van der Waals surface area contributed by atoms with E-state index in [0.717, 1.165) is 22.3 Å². The summed E-state index contributed by atoms with van der Waals surface area (Å²) in [4.78, 5) is 11.5. The first kappa shape index (κ1) is 9.59. The topological polar surface area (TPSA) is 30.2 Å². The van der Waals surface area contributed by atoms with Gasteiger partial charge in [-0.2, -0.15) is 0 Å². The first-order chi connectivity index (χ1) is 8.75. The number of hydrogen-bond donors (Lipinski definition) is 0. The monoisotopic (exact) mass is 238 g/mol. The van der Waals surface area contributed by atoms with Crippen LogP contribution in [0.25, 0.3) is 33.2 Å². The Bertz CT molecular complexity index is 862. The van der Waals surface area contributed by atoms with E-state index in [1.54, 1.807) is 6.07 Å². The van der Waals surface area contributed by atoms with Gasteiger partial charge in [0.05, 0.1) is 0 Å². The first-order valence-corrected chi connectivity index (χ1v) is 5.62. The van der Waals surface area contributed by atoms with Gasteiger partial charge in [0, 0.05) is 17.0 Å². The standard InChI is InChI=1S/C15H7FO2/c16-12-6-5-10-8-3-1-2-4-9(8)11-7-13(17)18-15(12)14(10)11/h1-7H. The molecule has 1 aromatic heterocycles. The van der Waals surface area contributed by atoms with Gasteiger partial charge in [-0.1, -0.05) is 30.3 Å². The largest absolute Gasteiger partial charge is 0.420 e. The molecule has 0 spiro atoms. The minimum absolute atomic E-state index is 0.0474. The molecule has 3 heteroatoms. The molecular weight excluding hydrogens is 231 g/mol. The van der Waals surface area contributed by atoms with Crippen LogP contribution in [0.15, 0.2) is 51.7 Å². The average Bonchev–Trinajstić information content (AvgIpc) is 2.69. The molecule has 0 radical (unpaired) electrons. The SMILES string of the molecule is O=c1cc2c3c(ccc(F)c3o1)-c1ccccc1-2. The van der Waals surface area contributed by atoms with Gasteiger partial charge >= 0.3 is 5.63 Å². The van der Waals surface area contributed by atoms with E-state index in [0.29, 0.717) is 5.39 Å². The van der Waals surface area contributed by atoms with Crippen LogP contribution >= 0.6 is 0 Å². The van der Waals surface area contributed by atoms with E-state index in [2.05, 4.69) is 0 Å². The normalized spacial score (nSPS) is 11.8. The molecule has 0 fully saturated rings. The highest BCUT2D eigenvalue weighted by Gasteiger charge is 2.24. The first-order valence-electron chi connectivity index (χ1n) is 5.62. The third-order valence-corrected chi connectivity index (χ3v) is 3.35. The number of rotatable bonds is 0. The highest BCUT2D eigenvalue weighted by Crippen LogP contribution is 2.46. The Labute approximate surface area is 101 Å².